The molecule has 0 spiro atoms. The number of ether oxygens (including phenoxy) is 4. The van der Waals surface area contributed by atoms with Crippen molar-refractivity contribution in [1.82, 2.24) is 0 Å². The van der Waals surface area contributed by atoms with Crippen LogP contribution >= 0.6 is 0 Å². The second-order valence-electron chi connectivity index (χ2n) is 4.26. The third-order valence-corrected chi connectivity index (χ3v) is 2.92. The van der Waals surface area contributed by atoms with Crippen molar-refractivity contribution >= 4 is 5.97 Å². The number of esters is 1. The van der Waals surface area contributed by atoms with E-state index in [1.165, 1.54) is 7.11 Å². The van der Waals surface area contributed by atoms with Gasteiger partial charge >= 0.3 is 5.97 Å². The summed E-state index contributed by atoms with van der Waals surface area (Å²) < 4.78 is 20.2. The van der Waals surface area contributed by atoms with Gasteiger partial charge in [0.05, 0.1) is 34.0 Å². The SMILES string of the molecule is COC(=O)COCC(N)c1cc(OC)c(OC)cc1C. The van der Waals surface area contributed by atoms with Crippen LogP contribution in [0.2, 0.25) is 0 Å². The highest BCUT2D eigenvalue weighted by Crippen LogP contribution is 2.32. The van der Waals surface area contributed by atoms with Gasteiger partial charge in [-0.3, -0.25) is 0 Å². The fourth-order valence-electron chi connectivity index (χ4n) is 1.81. The number of hydrogen-bond donors (Lipinski definition) is 1. The summed E-state index contributed by atoms with van der Waals surface area (Å²) in [7, 11) is 4.46. The van der Waals surface area contributed by atoms with Gasteiger partial charge in [0.2, 0.25) is 0 Å². The van der Waals surface area contributed by atoms with Crippen LogP contribution in [-0.4, -0.2) is 40.5 Å². The van der Waals surface area contributed by atoms with Gasteiger partial charge in [-0.15, -0.1) is 0 Å². The number of methoxy groups -OCH3 is 3. The van der Waals surface area contributed by atoms with E-state index in [1.807, 2.05) is 19.1 Å². The van der Waals surface area contributed by atoms with Crippen LogP contribution in [0.3, 0.4) is 0 Å². The van der Waals surface area contributed by atoms with Crippen LogP contribution in [0.1, 0.15) is 17.2 Å². The van der Waals surface area contributed by atoms with Crippen LogP contribution in [0, 0.1) is 6.92 Å². The fraction of sp³-hybridized carbons (Fsp3) is 0.500. The molecular formula is C14H21NO5. The number of rotatable bonds is 7. The number of nitrogens with two attached hydrogens (primary N) is 1. The van der Waals surface area contributed by atoms with E-state index in [1.54, 1.807) is 14.2 Å². The summed E-state index contributed by atoms with van der Waals surface area (Å²) >= 11 is 0. The predicted octanol–water partition coefficient (Wildman–Crippen LogP) is 1.20. The number of carbonyl (C=O) groups is 1. The van der Waals surface area contributed by atoms with Crippen molar-refractivity contribution in [1.29, 1.82) is 0 Å². The number of aryl methyl sites for hydroxylation is 1. The summed E-state index contributed by atoms with van der Waals surface area (Å²) in [5.74, 6) is 0.828. The second-order valence-corrected chi connectivity index (χ2v) is 4.26. The summed E-state index contributed by atoms with van der Waals surface area (Å²) in [5.41, 5.74) is 7.92. The van der Waals surface area contributed by atoms with Crippen molar-refractivity contribution in [3.05, 3.63) is 23.3 Å². The molecule has 6 heteroatoms. The van der Waals surface area contributed by atoms with Gasteiger partial charge in [-0.1, -0.05) is 0 Å². The standard InChI is InChI=1S/C14H21NO5/c1-9-5-12(17-2)13(18-3)6-10(9)11(15)7-20-8-14(16)19-4/h5-6,11H,7-8,15H2,1-4H3. The Kier molecular flexibility index (Phi) is 6.27. The number of benzene rings is 1. The largest absolute Gasteiger partial charge is 0.493 e. The maximum atomic E-state index is 11.0. The molecule has 0 heterocycles. The van der Waals surface area contributed by atoms with Gasteiger partial charge < -0.3 is 24.7 Å². The molecule has 0 aromatic heterocycles. The average Bonchev–Trinajstić information content (AvgIpc) is 2.46. The first-order valence-electron chi connectivity index (χ1n) is 6.16. The Morgan fingerprint density at radius 2 is 1.80 bits per heavy atom. The zero-order chi connectivity index (χ0) is 15.1. The van der Waals surface area contributed by atoms with Crippen LogP contribution in [0.25, 0.3) is 0 Å². The Balaban J connectivity index is 2.77. The molecule has 0 saturated heterocycles. The van der Waals surface area contributed by atoms with Crippen molar-refractivity contribution in [2.45, 2.75) is 13.0 Å². The molecule has 0 fully saturated rings. The molecule has 0 aliphatic heterocycles. The highest BCUT2D eigenvalue weighted by Gasteiger charge is 2.15. The van der Waals surface area contributed by atoms with Crippen molar-refractivity contribution < 1.29 is 23.7 Å². The zero-order valence-electron chi connectivity index (χ0n) is 12.3. The first-order chi connectivity index (χ1) is 9.53. The molecule has 1 aromatic rings. The van der Waals surface area contributed by atoms with E-state index in [4.69, 9.17) is 19.9 Å². The van der Waals surface area contributed by atoms with Crippen LogP contribution in [0.15, 0.2) is 12.1 Å². The Labute approximate surface area is 118 Å². The molecule has 20 heavy (non-hydrogen) atoms. The minimum atomic E-state index is -0.429. The van der Waals surface area contributed by atoms with Crippen LogP contribution < -0.4 is 15.2 Å². The Bertz CT molecular complexity index is 461. The molecule has 0 amide bonds. The summed E-state index contributed by atoms with van der Waals surface area (Å²) in [6, 6.07) is 3.31. The van der Waals surface area contributed by atoms with Crippen LogP contribution in [0.4, 0.5) is 0 Å². The summed E-state index contributed by atoms with van der Waals surface area (Å²) in [6.45, 7) is 2.03. The van der Waals surface area contributed by atoms with Gasteiger partial charge in [0, 0.05) is 0 Å². The Hall–Kier alpha value is -1.79. The van der Waals surface area contributed by atoms with Gasteiger partial charge in [-0.05, 0) is 30.2 Å². The lowest BCUT2D eigenvalue weighted by atomic mass is 10.0. The van der Waals surface area contributed by atoms with Crippen LogP contribution in [0.5, 0.6) is 11.5 Å². The molecule has 0 radical (unpaired) electrons. The molecule has 1 rings (SSSR count). The molecule has 112 valence electrons. The minimum absolute atomic E-state index is 0.115. The smallest absolute Gasteiger partial charge is 0.331 e. The Morgan fingerprint density at radius 1 is 1.20 bits per heavy atom. The second kappa shape index (κ2) is 7.72. The molecule has 0 bridgehead atoms. The summed E-state index contributed by atoms with van der Waals surface area (Å²) in [5, 5.41) is 0. The van der Waals surface area contributed by atoms with E-state index >= 15 is 0 Å². The van der Waals surface area contributed by atoms with E-state index in [0.717, 1.165) is 11.1 Å². The molecular weight excluding hydrogens is 262 g/mol. The zero-order valence-corrected chi connectivity index (χ0v) is 12.3. The third kappa shape index (κ3) is 4.11. The molecule has 0 saturated carbocycles. The first kappa shape index (κ1) is 16.3. The van der Waals surface area contributed by atoms with E-state index < -0.39 is 5.97 Å². The quantitative estimate of drug-likeness (QED) is 0.757. The predicted molar refractivity (Wildman–Crippen MR) is 74.0 cm³/mol. The van der Waals surface area contributed by atoms with Gasteiger partial charge in [-0.2, -0.15) is 0 Å². The van der Waals surface area contributed by atoms with Gasteiger partial charge in [0.25, 0.3) is 0 Å². The number of hydrogen-bond acceptors (Lipinski definition) is 6. The van der Waals surface area contributed by atoms with E-state index in [-0.39, 0.29) is 19.3 Å². The molecule has 1 aromatic carbocycles. The fourth-order valence-corrected chi connectivity index (χ4v) is 1.81. The number of carbonyl (C=O) groups excluding carboxylic acids is 1. The van der Waals surface area contributed by atoms with Gasteiger partial charge in [0.15, 0.2) is 11.5 Å². The lowest BCUT2D eigenvalue weighted by Crippen LogP contribution is -2.21. The molecule has 2 N–H and O–H groups in total. The van der Waals surface area contributed by atoms with Crippen molar-refractivity contribution in [3.8, 4) is 11.5 Å². The summed E-state index contributed by atoms with van der Waals surface area (Å²) in [4.78, 5) is 11.0. The monoisotopic (exact) mass is 283 g/mol. The molecule has 1 unspecified atom stereocenters. The third-order valence-electron chi connectivity index (χ3n) is 2.92. The normalized spacial score (nSPS) is 11.8. The van der Waals surface area contributed by atoms with E-state index in [9.17, 15) is 4.79 Å². The Morgan fingerprint density at radius 3 is 2.35 bits per heavy atom. The molecule has 1 atom stereocenters. The topological polar surface area (TPSA) is 80.0 Å². The van der Waals surface area contributed by atoms with Crippen LogP contribution in [-0.2, 0) is 14.3 Å². The maximum Gasteiger partial charge on any atom is 0.331 e. The first-order valence-corrected chi connectivity index (χ1v) is 6.16. The van der Waals surface area contributed by atoms with E-state index in [2.05, 4.69) is 4.74 Å². The summed E-state index contributed by atoms with van der Waals surface area (Å²) in [6.07, 6.45) is 0. The minimum Gasteiger partial charge on any atom is -0.493 e. The molecule has 0 aliphatic rings. The maximum absolute atomic E-state index is 11.0. The average molecular weight is 283 g/mol. The van der Waals surface area contributed by atoms with Crippen molar-refractivity contribution in [2.24, 2.45) is 5.73 Å². The lowest BCUT2D eigenvalue weighted by molar-refractivity contribution is -0.146. The molecule has 6 nitrogen and oxygen atoms in total. The van der Waals surface area contributed by atoms with Crippen molar-refractivity contribution in [3.63, 3.8) is 0 Å². The van der Waals surface area contributed by atoms with Gasteiger partial charge in [-0.25, -0.2) is 4.79 Å². The molecule has 0 aliphatic carbocycles. The van der Waals surface area contributed by atoms with Crippen molar-refractivity contribution in [2.75, 3.05) is 34.5 Å². The highest BCUT2D eigenvalue weighted by molar-refractivity contribution is 5.70. The highest BCUT2D eigenvalue weighted by atomic mass is 16.6. The van der Waals surface area contributed by atoms with E-state index in [0.29, 0.717) is 11.5 Å². The lowest BCUT2D eigenvalue weighted by Gasteiger charge is -2.17. The van der Waals surface area contributed by atoms with Gasteiger partial charge in [0.1, 0.15) is 6.61 Å².